The smallest absolute Gasteiger partial charge is 0.127 e. The Balaban J connectivity index is 2.54. The van der Waals surface area contributed by atoms with Crippen LogP contribution in [-0.2, 0) is 12.8 Å². The molecule has 0 unspecified atom stereocenters. The predicted molar refractivity (Wildman–Crippen MR) is 97.1 cm³/mol. The fraction of sp³-hybridized carbons (Fsp3) is 0.238. The summed E-state index contributed by atoms with van der Waals surface area (Å²) in [5.74, 6) is 1.14. The summed E-state index contributed by atoms with van der Waals surface area (Å²) in [5.41, 5.74) is 4.11. The number of aromatic hydroxyl groups is 1. The molecular weight excluding hydrogens is 284 g/mol. The Bertz CT molecular complexity index is 699. The van der Waals surface area contributed by atoms with Gasteiger partial charge in [-0.05, 0) is 67.6 Å². The van der Waals surface area contributed by atoms with Crippen LogP contribution >= 0.6 is 0 Å². The van der Waals surface area contributed by atoms with Gasteiger partial charge in [0.15, 0.2) is 0 Å². The van der Waals surface area contributed by atoms with E-state index in [2.05, 4.69) is 25.3 Å². The van der Waals surface area contributed by atoms with Crippen molar-refractivity contribution in [3.05, 3.63) is 72.8 Å². The molecule has 0 atom stereocenters. The molecule has 0 spiro atoms. The Morgan fingerprint density at radius 3 is 2.43 bits per heavy atom. The number of hydrogen-bond acceptors (Lipinski definition) is 2. The molecule has 23 heavy (non-hydrogen) atoms. The molecule has 120 valence electrons. The first kappa shape index (κ1) is 16.9. The number of benzene rings is 2. The molecule has 1 N–H and O–H groups in total. The molecule has 0 aromatic heterocycles. The summed E-state index contributed by atoms with van der Waals surface area (Å²) in [6, 6.07) is 11.8. The predicted octanol–water partition coefficient (Wildman–Crippen LogP) is 5.30. The zero-order chi connectivity index (χ0) is 16.8. The Morgan fingerprint density at radius 2 is 1.78 bits per heavy atom. The number of rotatable bonds is 7. The van der Waals surface area contributed by atoms with Crippen LogP contribution in [0.3, 0.4) is 0 Å². The van der Waals surface area contributed by atoms with Crippen molar-refractivity contribution in [2.45, 2.75) is 32.8 Å². The standard InChI is InChI=1S/C21H24O2/c1-5-7-16-9-12-21(23-15(3)4)19(13-16)17-10-11-20(22)18(14-17)8-6-2/h5-6,9-15,22H,1-2,7-8H2,3-4H3. The second-order valence-corrected chi connectivity index (χ2v) is 5.83. The van der Waals surface area contributed by atoms with Crippen LogP contribution in [0.1, 0.15) is 25.0 Å². The van der Waals surface area contributed by atoms with Crippen LogP contribution in [0.25, 0.3) is 11.1 Å². The van der Waals surface area contributed by atoms with Crippen molar-refractivity contribution in [2.24, 2.45) is 0 Å². The molecule has 0 fully saturated rings. The van der Waals surface area contributed by atoms with Crippen molar-refractivity contribution in [1.29, 1.82) is 0 Å². The van der Waals surface area contributed by atoms with Crippen LogP contribution < -0.4 is 4.74 Å². The third kappa shape index (κ3) is 4.26. The van der Waals surface area contributed by atoms with Gasteiger partial charge in [-0.1, -0.05) is 24.3 Å². The molecule has 2 aromatic carbocycles. The molecule has 0 saturated heterocycles. The normalized spacial score (nSPS) is 10.6. The van der Waals surface area contributed by atoms with E-state index in [9.17, 15) is 5.11 Å². The molecule has 0 aliphatic heterocycles. The lowest BCUT2D eigenvalue weighted by Crippen LogP contribution is -2.06. The summed E-state index contributed by atoms with van der Waals surface area (Å²) >= 11 is 0. The first-order valence-corrected chi connectivity index (χ1v) is 7.88. The Morgan fingerprint density at radius 1 is 1.04 bits per heavy atom. The van der Waals surface area contributed by atoms with Gasteiger partial charge in [0.25, 0.3) is 0 Å². The van der Waals surface area contributed by atoms with Gasteiger partial charge in [0, 0.05) is 5.56 Å². The fourth-order valence-electron chi connectivity index (χ4n) is 2.53. The van der Waals surface area contributed by atoms with Gasteiger partial charge in [-0.25, -0.2) is 0 Å². The van der Waals surface area contributed by atoms with E-state index in [1.807, 2.05) is 38.1 Å². The molecule has 2 heteroatoms. The average molecular weight is 308 g/mol. The second-order valence-electron chi connectivity index (χ2n) is 5.83. The van der Waals surface area contributed by atoms with Crippen molar-refractivity contribution in [1.82, 2.24) is 0 Å². The van der Waals surface area contributed by atoms with Crippen LogP contribution in [-0.4, -0.2) is 11.2 Å². The molecule has 0 aliphatic carbocycles. The number of allylic oxidation sites excluding steroid dienone is 2. The Hall–Kier alpha value is -2.48. The van der Waals surface area contributed by atoms with Crippen molar-refractivity contribution < 1.29 is 9.84 Å². The molecule has 0 amide bonds. The molecular formula is C21H24O2. The van der Waals surface area contributed by atoms with E-state index in [-0.39, 0.29) is 6.10 Å². The second kappa shape index (κ2) is 7.68. The van der Waals surface area contributed by atoms with E-state index in [1.54, 1.807) is 12.1 Å². The number of phenolic OH excluding ortho intramolecular Hbond substituents is 1. The SMILES string of the molecule is C=CCc1ccc(OC(C)C)c(-c2ccc(O)c(CC=C)c2)c1. The van der Waals surface area contributed by atoms with Gasteiger partial charge in [0.1, 0.15) is 11.5 Å². The maximum Gasteiger partial charge on any atom is 0.127 e. The van der Waals surface area contributed by atoms with E-state index in [0.717, 1.165) is 28.9 Å². The number of ether oxygens (including phenoxy) is 1. The lowest BCUT2D eigenvalue weighted by molar-refractivity contribution is 0.243. The van der Waals surface area contributed by atoms with Gasteiger partial charge in [-0.2, -0.15) is 0 Å². The van der Waals surface area contributed by atoms with Gasteiger partial charge in [-0.3, -0.25) is 0 Å². The van der Waals surface area contributed by atoms with Gasteiger partial charge in [-0.15, -0.1) is 13.2 Å². The van der Waals surface area contributed by atoms with Crippen LogP contribution in [0.4, 0.5) is 0 Å². The zero-order valence-corrected chi connectivity index (χ0v) is 13.9. The average Bonchev–Trinajstić information content (AvgIpc) is 2.51. The first-order chi connectivity index (χ1) is 11.0. The highest BCUT2D eigenvalue weighted by atomic mass is 16.5. The number of hydrogen-bond donors (Lipinski definition) is 1. The zero-order valence-electron chi connectivity index (χ0n) is 13.9. The summed E-state index contributed by atoms with van der Waals surface area (Å²) < 4.78 is 5.95. The topological polar surface area (TPSA) is 29.5 Å². The molecule has 0 saturated carbocycles. The van der Waals surface area contributed by atoms with Crippen LogP contribution in [0.15, 0.2) is 61.7 Å². The molecule has 0 radical (unpaired) electrons. The summed E-state index contributed by atoms with van der Waals surface area (Å²) in [6.45, 7) is 11.6. The molecule has 2 nitrogen and oxygen atoms in total. The lowest BCUT2D eigenvalue weighted by atomic mass is 9.97. The maximum atomic E-state index is 9.97. The molecule has 2 aromatic rings. The quantitative estimate of drug-likeness (QED) is 0.703. The number of phenols is 1. The van der Waals surface area contributed by atoms with Crippen LogP contribution in [0, 0.1) is 0 Å². The summed E-state index contributed by atoms with van der Waals surface area (Å²) in [6.07, 6.45) is 5.23. The van der Waals surface area contributed by atoms with Gasteiger partial charge >= 0.3 is 0 Å². The van der Waals surface area contributed by atoms with Crippen LogP contribution in [0.2, 0.25) is 0 Å². The summed E-state index contributed by atoms with van der Waals surface area (Å²) in [7, 11) is 0. The van der Waals surface area contributed by atoms with Gasteiger partial charge in [0.05, 0.1) is 6.10 Å². The minimum absolute atomic E-state index is 0.101. The minimum atomic E-state index is 0.101. The third-order valence-corrected chi connectivity index (χ3v) is 3.54. The monoisotopic (exact) mass is 308 g/mol. The fourth-order valence-corrected chi connectivity index (χ4v) is 2.53. The highest BCUT2D eigenvalue weighted by Gasteiger charge is 2.11. The van der Waals surface area contributed by atoms with Crippen molar-refractivity contribution in [3.8, 4) is 22.6 Å². The summed E-state index contributed by atoms with van der Waals surface area (Å²) in [4.78, 5) is 0. The van der Waals surface area contributed by atoms with Gasteiger partial charge < -0.3 is 9.84 Å². The van der Waals surface area contributed by atoms with Crippen molar-refractivity contribution in [3.63, 3.8) is 0 Å². The Kier molecular flexibility index (Phi) is 5.64. The van der Waals surface area contributed by atoms with E-state index >= 15 is 0 Å². The highest BCUT2D eigenvalue weighted by molar-refractivity contribution is 5.73. The Labute approximate surface area is 138 Å². The largest absolute Gasteiger partial charge is 0.508 e. The molecule has 0 aliphatic rings. The van der Waals surface area contributed by atoms with E-state index in [1.165, 1.54) is 5.56 Å². The summed E-state index contributed by atoms with van der Waals surface area (Å²) in [5, 5.41) is 9.97. The third-order valence-electron chi connectivity index (χ3n) is 3.54. The molecule has 2 rings (SSSR count). The van der Waals surface area contributed by atoms with Crippen molar-refractivity contribution in [2.75, 3.05) is 0 Å². The van der Waals surface area contributed by atoms with E-state index in [0.29, 0.717) is 12.2 Å². The van der Waals surface area contributed by atoms with E-state index < -0.39 is 0 Å². The van der Waals surface area contributed by atoms with E-state index in [4.69, 9.17) is 4.74 Å². The minimum Gasteiger partial charge on any atom is -0.508 e. The molecule has 0 bridgehead atoms. The molecule has 0 heterocycles. The van der Waals surface area contributed by atoms with Gasteiger partial charge in [0.2, 0.25) is 0 Å². The van der Waals surface area contributed by atoms with Crippen molar-refractivity contribution >= 4 is 0 Å². The first-order valence-electron chi connectivity index (χ1n) is 7.88. The highest BCUT2D eigenvalue weighted by Crippen LogP contribution is 2.34. The maximum absolute atomic E-state index is 9.97. The van der Waals surface area contributed by atoms with Crippen LogP contribution in [0.5, 0.6) is 11.5 Å². The lowest BCUT2D eigenvalue weighted by Gasteiger charge is -2.16.